The van der Waals surface area contributed by atoms with Crippen molar-refractivity contribution in [2.75, 3.05) is 32.8 Å². The molecule has 5 heteroatoms. The molecule has 0 aromatic carbocycles. The van der Waals surface area contributed by atoms with E-state index >= 15 is 0 Å². The monoisotopic (exact) mass is 354 g/mol. The highest BCUT2D eigenvalue weighted by Gasteiger charge is 2.60. The molecule has 0 spiro atoms. The van der Waals surface area contributed by atoms with Crippen LogP contribution in [0.5, 0.6) is 0 Å². The lowest BCUT2D eigenvalue weighted by Crippen LogP contribution is -2.61. The highest BCUT2D eigenvalue weighted by Crippen LogP contribution is 2.63. The third-order valence-corrected chi connectivity index (χ3v) is 7.46. The van der Waals surface area contributed by atoms with Gasteiger partial charge in [0.05, 0.1) is 18.6 Å². The number of hydrogen-bond donors (Lipinski definition) is 1. The van der Waals surface area contributed by atoms with Crippen LogP contribution in [0, 0.1) is 17.3 Å². The van der Waals surface area contributed by atoms with Gasteiger partial charge in [0, 0.05) is 30.0 Å². The molecule has 0 radical (unpaired) electrons. The Morgan fingerprint density at radius 1 is 1.21 bits per heavy atom. The molecule has 4 nitrogen and oxygen atoms in total. The molecule has 5 rings (SSSR count). The first-order chi connectivity index (χ1) is 11.3. The second-order valence-corrected chi connectivity index (χ2v) is 10.3. The van der Waals surface area contributed by atoms with Crippen LogP contribution < -0.4 is 5.32 Å². The lowest BCUT2D eigenvalue weighted by Gasteiger charge is -2.59. The summed E-state index contributed by atoms with van der Waals surface area (Å²) in [4.78, 5) is 15.5. The number of nitrogens with zero attached hydrogens (tertiary/aromatic N) is 1. The van der Waals surface area contributed by atoms with Gasteiger partial charge in [0.2, 0.25) is 5.91 Å². The summed E-state index contributed by atoms with van der Waals surface area (Å²) < 4.78 is 5.45. The Balaban J connectivity index is 1.41. The van der Waals surface area contributed by atoms with E-state index in [0.717, 1.165) is 58.4 Å². The van der Waals surface area contributed by atoms with Crippen molar-refractivity contribution in [1.29, 1.82) is 0 Å². The van der Waals surface area contributed by atoms with Crippen molar-refractivity contribution in [3.63, 3.8) is 0 Å². The highest BCUT2D eigenvalue weighted by molar-refractivity contribution is 6.24. The van der Waals surface area contributed by atoms with Crippen molar-refractivity contribution in [2.45, 2.75) is 62.8 Å². The molecule has 1 amide bonds. The van der Waals surface area contributed by atoms with Crippen molar-refractivity contribution in [3.05, 3.63) is 0 Å². The van der Waals surface area contributed by atoms with E-state index < -0.39 is 0 Å². The van der Waals surface area contributed by atoms with E-state index in [0.29, 0.717) is 18.4 Å². The van der Waals surface area contributed by atoms with Crippen LogP contribution in [-0.4, -0.2) is 54.1 Å². The van der Waals surface area contributed by atoms with E-state index in [1.54, 1.807) is 0 Å². The third-order valence-electron chi connectivity index (χ3n) is 7.02. The number of carbonyl (C=O) groups is 1. The summed E-state index contributed by atoms with van der Waals surface area (Å²) in [7, 11) is 0. The lowest BCUT2D eigenvalue weighted by molar-refractivity contribution is -0.145. The quantitative estimate of drug-likeness (QED) is 0.789. The minimum Gasteiger partial charge on any atom is -0.379 e. The molecular weight excluding hydrogens is 324 g/mol. The van der Waals surface area contributed by atoms with Crippen LogP contribution in [0.1, 0.15) is 52.4 Å². The molecule has 1 N–H and O–H groups in total. The molecule has 4 aliphatic carbocycles. The number of alkyl halides is 1. The molecule has 5 aliphatic rings. The number of hydrogen-bond acceptors (Lipinski definition) is 3. The Morgan fingerprint density at radius 3 is 2.42 bits per heavy atom. The third kappa shape index (κ3) is 2.99. The smallest absolute Gasteiger partial charge is 0.226 e. The Labute approximate surface area is 150 Å². The van der Waals surface area contributed by atoms with Crippen LogP contribution in [0.25, 0.3) is 0 Å². The van der Waals surface area contributed by atoms with Crippen molar-refractivity contribution in [1.82, 2.24) is 10.2 Å². The fraction of sp³-hybridized carbons (Fsp3) is 0.947. The predicted molar refractivity (Wildman–Crippen MR) is 95.2 cm³/mol. The average molecular weight is 355 g/mol. The molecule has 4 saturated carbocycles. The maximum atomic E-state index is 13.2. The topological polar surface area (TPSA) is 41.6 Å². The summed E-state index contributed by atoms with van der Waals surface area (Å²) in [5, 5.41) is 3.31. The van der Waals surface area contributed by atoms with Crippen molar-refractivity contribution in [2.24, 2.45) is 17.3 Å². The van der Waals surface area contributed by atoms with E-state index in [1.807, 2.05) is 0 Å². The molecule has 1 saturated heterocycles. The van der Waals surface area contributed by atoms with Crippen LogP contribution in [0.3, 0.4) is 0 Å². The predicted octanol–water partition coefficient (Wildman–Crippen LogP) is 2.79. The SMILES string of the molecule is CC(C)(CNC(=O)C12C[C@@H]3C[C@H](CC(Cl)(C3)C1)C2)N1CCOCC1. The molecule has 0 unspecified atom stereocenters. The van der Waals surface area contributed by atoms with Gasteiger partial charge in [-0.2, -0.15) is 0 Å². The van der Waals surface area contributed by atoms with Gasteiger partial charge in [0.1, 0.15) is 0 Å². The number of ether oxygens (including phenoxy) is 1. The van der Waals surface area contributed by atoms with Crippen molar-refractivity contribution < 1.29 is 9.53 Å². The van der Waals surface area contributed by atoms with Crippen LogP contribution >= 0.6 is 11.6 Å². The Morgan fingerprint density at radius 2 is 1.83 bits per heavy atom. The summed E-state index contributed by atoms with van der Waals surface area (Å²) in [6.45, 7) is 8.63. The van der Waals surface area contributed by atoms with Gasteiger partial charge >= 0.3 is 0 Å². The molecular formula is C19H31ClN2O2. The average Bonchev–Trinajstić information content (AvgIpc) is 2.51. The number of rotatable bonds is 4. The van der Waals surface area contributed by atoms with Crippen LogP contribution in [0.2, 0.25) is 0 Å². The van der Waals surface area contributed by atoms with Crippen LogP contribution in [0.4, 0.5) is 0 Å². The lowest BCUT2D eigenvalue weighted by atomic mass is 9.49. The van der Waals surface area contributed by atoms with Crippen molar-refractivity contribution >= 4 is 17.5 Å². The summed E-state index contributed by atoms with van der Waals surface area (Å²) in [6.07, 6.45) is 6.55. The van der Waals surface area contributed by atoms with Crippen LogP contribution in [-0.2, 0) is 9.53 Å². The van der Waals surface area contributed by atoms with Gasteiger partial charge in [-0.3, -0.25) is 9.69 Å². The molecule has 0 aromatic heterocycles. The van der Waals surface area contributed by atoms with Gasteiger partial charge in [-0.05, 0) is 64.2 Å². The maximum Gasteiger partial charge on any atom is 0.226 e. The van der Waals surface area contributed by atoms with E-state index in [-0.39, 0.29) is 21.7 Å². The zero-order valence-electron chi connectivity index (χ0n) is 15.1. The molecule has 2 atom stereocenters. The summed E-state index contributed by atoms with van der Waals surface area (Å²) in [6, 6.07) is 0. The Kier molecular flexibility index (Phi) is 4.17. The van der Waals surface area contributed by atoms with E-state index in [2.05, 4.69) is 24.1 Å². The number of carbonyl (C=O) groups excluding carboxylic acids is 1. The van der Waals surface area contributed by atoms with Gasteiger partial charge in [-0.25, -0.2) is 0 Å². The largest absolute Gasteiger partial charge is 0.379 e. The zero-order valence-corrected chi connectivity index (χ0v) is 15.8. The van der Waals surface area contributed by atoms with Gasteiger partial charge in [0.25, 0.3) is 0 Å². The maximum absolute atomic E-state index is 13.2. The fourth-order valence-electron chi connectivity index (χ4n) is 6.18. The fourth-order valence-corrected chi connectivity index (χ4v) is 6.87. The molecule has 24 heavy (non-hydrogen) atoms. The summed E-state index contributed by atoms with van der Waals surface area (Å²) in [5.41, 5.74) is -0.215. The minimum absolute atomic E-state index is 0.0274. The summed E-state index contributed by atoms with van der Waals surface area (Å²) in [5.74, 6) is 1.60. The second-order valence-electron chi connectivity index (χ2n) is 9.49. The minimum atomic E-state index is -0.188. The first-order valence-corrected chi connectivity index (χ1v) is 9.98. The number of morpholine rings is 1. The van der Waals surface area contributed by atoms with Gasteiger partial charge in [-0.15, -0.1) is 11.6 Å². The van der Waals surface area contributed by atoms with Crippen LogP contribution in [0.15, 0.2) is 0 Å². The zero-order chi connectivity index (χ0) is 17.0. The van der Waals surface area contributed by atoms with E-state index in [4.69, 9.17) is 16.3 Å². The number of nitrogens with one attached hydrogen (secondary N) is 1. The van der Waals surface area contributed by atoms with E-state index in [1.165, 1.54) is 6.42 Å². The highest BCUT2D eigenvalue weighted by atomic mass is 35.5. The van der Waals surface area contributed by atoms with Crippen molar-refractivity contribution in [3.8, 4) is 0 Å². The Hall–Kier alpha value is -0.320. The normalized spacial score (nSPS) is 42.3. The Bertz CT molecular complexity index is 501. The first-order valence-electron chi connectivity index (χ1n) is 9.60. The van der Waals surface area contributed by atoms with Gasteiger partial charge < -0.3 is 10.1 Å². The number of amides is 1. The molecule has 4 bridgehead atoms. The van der Waals surface area contributed by atoms with Gasteiger partial charge in [0.15, 0.2) is 0 Å². The van der Waals surface area contributed by atoms with Gasteiger partial charge in [-0.1, -0.05) is 0 Å². The first kappa shape index (κ1) is 17.1. The molecule has 136 valence electrons. The molecule has 0 aromatic rings. The summed E-state index contributed by atoms with van der Waals surface area (Å²) >= 11 is 6.87. The molecule has 5 fully saturated rings. The molecule has 1 aliphatic heterocycles. The molecule has 1 heterocycles. The standard InChI is InChI=1S/C19H31ClN2O2/c1-17(2,22-3-5-24-6-4-22)13-21-16(23)18-8-14-7-15(9-18)11-19(20,10-14)12-18/h14-15H,3-13H2,1-2H3,(H,21,23)/t14-,15-,18?,19?/m0/s1. The number of halogens is 1. The van der Waals surface area contributed by atoms with E-state index in [9.17, 15) is 4.79 Å². The second kappa shape index (κ2) is 5.85.